The third-order valence-corrected chi connectivity index (χ3v) is 9.83. The molecule has 2 unspecified atom stereocenters. The summed E-state index contributed by atoms with van der Waals surface area (Å²) in [6, 6.07) is 55.0. The van der Waals surface area contributed by atoms with Crippen LogP contribution < -0.4 is 4.90 Å². The topological polar surface area (TPSA) is 55.8 Å². The van der Waals surface area contributed by atoms with E-state index >= 15 is 0 Å². The molecule has 0 saturated heterocycles. The van der Waals surface area contributed by atoms with E-state index in [0.717, 1.165) is 33.6 Å². The van der Waals surface area contributed by atoms with E-state index in [2.05, 4.69) is 155 Å². The fourth-order valence-corrected chi connectivity index (χ4v) is 7.87. The number of aromatic nitrogens is 1. The van der Waals surface area contributed by atoms with Crippen molar-refractivity contribution in [2.75, 3.05) is 4.90 Å². The van der Waals surface area contributed by atoms with Gasteiger partial charge in [0.05, 0.1) is 46.2 Å². The second-order valence-corrected chi connectivity index (χ2v) is 12.3. The molecule has 0 radical (unpaired) electrons. The Morgan fingerprint density at radius 1 is 0.583 bits per heavy atom. The summed E-state index contributed by atoms with van der Waals surface area (Å²) in [5, 5.41) is 21.2. The Bertz CT molecular complexity index is 2460. The first-order chi connectivity index (χ1) is 23.8. The van der Waals surface area contributed by atoms with Crippen molar-refractivity contribution in [1.82, 2.24) is 4.57 Å². The van der Waals surface area contributed by atoms with Gasteiger partial charge in [-0.25, -0.2) is 0 Å². The van der Waals surface area contributed by atoms with E-state index in [1.54, 1.807) is 18.2 Å². The van der Waals surface area contributed by atoms with Crippen LogP contribution in [0.15, 0.2) is 152 Å². The summed E-state index contributed by atoms with van der Waals surface area (Å²) in [4.78, 5) is 2.52. The number of fused-ring (bicyclic) bond motifs is 7. The highest BCUT2D eigenvalue weighted by molar-refractivity contribution is 5.96. The van der Waals surface area contributed by atoms with Gasteiger partial charge in [-0.2, -0.15) is 10.5 Å². The third-order valence-electron chi connectivity index (χ3n) is 9.83. The number of rotatable bonds is 4. The van der Waals surface area contributed by atoms with Gasteiger partial charge in [-0.05, 0) is 71.3 Å². The smallest absolute Gasteiger partial charge is 0.0998 e. The molecule has 4 nitrogen and oxygen atoms in total. The van der Waals surface area contributed by atoms with Crippen LogP contribution in [-0.4, -0.2) is 4.57 Å². The Morgan fingerprint density at radius 3 is 2.04 bits per heavy atom. The molecule has 0 N–H and O–H groups in total. The van der Waals surface area contributed by atoms with Crippen molar-refractivity contribution >= 4 is 28.4 Å². The fraction of sp³-hybridized carbons (Fsp3) is 0.0455. The van der Waals surface area contributed by atoms with Gasteiger partial charge in [0, 0.05) is 39.4 Å². The van der Waals surface area contributed by atoms with Gasteiger partial charge in [0.2, 0.25) is 0 Å². The molecule has 224 valence electrons. The molecule has 2 heterocycles. The first-order valence-electron chi connectivity index (χ1n) is 16.1. The summed E-state index contributed by atoms with van der Waals surface area (Å²) in [6.45, 7) is 0. The van der Waals surface area contributed by atoms with Crippen molar-refractivity contribution < 1.29 is 0 Å². The van der Waals surface area contributed by atoms with Crippen molar-refractivity contribution in [3.8, 4) is 40.1 Å². The SMILES string of the molecule is N#Cc1cccc(C#N)c1-c1ccc(-n2c3c(c4ccccc42)C2C(C=C3)c3ccccc3N2c2ccccc2)c(-c2ccccc2)c1. The van der Waals surface area contributed by atoms with Gasteiger partial charge in [-0.3, -0.25) is 0 Å². The monoisotopic (exact) mass is 612 g/mol. The zero-order valence-corrected chi connectivity index (χ0v) is 26.0. The molecule has 6 aromatic carbocycles. The minimum Gasteiger partial charge on any atom is -0.333 e. The highest BCUT2D eigenvalue weighted by atomic mass is 15.2. The van der Waals surface area contributed by atoms with E-state index in [1.807, 2.05) is 6.07 Å². The molecule has 9 rings (SSSR count). The maximum Gasteiger partial charge on any atom is 0.0998 e. The average molecular weight is 613 g/mol. The molecular formula is C44H28N4. The van der Waals surface area contributed by atoms with E-state index in [-0.39, 0.29) is 12.0 Å². The van der Waals surface area contributed by atoms with Crippen molar-refractivity contribution in [1.29, 1.82) is 10.5 Å². The Kier molecular flexibility index (Phi) is 6.35. The van der Waals surface area contributed by atoms with Crippen molar-refractivity contribution in [3.05, 3.63) is 180 Å². The number of anilines is 2. The number of hydrogen-bond donors (Lipinski definition) is 0. The lowest BCUT2D eigenvalue weighted by Crippen LogP contribution is -2.24. The lowest BCUT2D eigenvalue weighted by molar-refractivity contribution is 0.669. The van der Waals surface area contributed by atoms with Gasteiger partial charge < -0.3 is 9.47 Å². The molecule has 0 bridgehead atoms. The van der Waals surface area contributed by atoms with Crippen LogP contribution in [-0.2, 0) is 0 Å². The summed E-state index contributed by atoms with van der Waals surface area (Å²) in [7, 11) is 0. The average Bonchev–Trinajstić information content (AvgIpc) is 3.68. The molecule has 7 aromatic rings. The van der Waals surface area contributed by atoms with E-state index < -0.39 is 0 Å². The minimum absolute atomic E-state index is 0.0797. The predicted molar refractivity (Wildman–Crippen MR) is 193 cm³/mol. The zero-order valence-electron chi connectivity index (χ0n) is 26.0. The second kappa shape index (κ2) is 11.0. The number of hydrogen-bond acceptors (Lipinski definition) is 3. The highest BCUT2D eigenvalue weighted by Gasteiger charge is 2.43. The van der Waals surface area contributed by atoms with Crippen LogP contribution in [0.1, 0.15) is 39.9 Å². The normalized spacial score (nSPS) is 15.8. The summed E-state index contributed by atoms with van der Waals surface area (Å²) >= 11 is 0. The Balaban J connectivity index is 1.32. The Labute approximate surface area is 279 Å². The largest absolute Gasteiger partial charge is 0.333 e. The van der Waals surface area contributed by atoms with Crippen LogP contribution in [0, 0.1) is 22.7 Å². The number of nitriles is 2. The first kappa shape index (κ1) is 27.7. The van der Waals surface area contributed by atoms with Gasteiger partial charge in [0.25, 0.3) is 0 Å². The Morgan fingerprint density at radius 2 is 1.27 bits per heavy atom. The number of benzene rings is 6. The molecule has 48 heavy (non-hydrogen) atoms. The number of nitrogens with zero attached hydrogens (tertiary/aromatic N) is 4. The van der Waals surface area contributed by atoms with Crippen molar-refractivity contribution in [2.24, 2.45) is 0 Å². The van der Waals surface area contributed by atoms with E-state index in [0.29, 0.717) is 16.7 Å². The predicted octanol–water partition coefficient (Wildman–Crippen LogP) is 10.7. The summed E-state index contributed by atoms with van der Waals surface area (Å²) in [5.74, 6) is 0.205. The van der Waals surface area contributed by atoms with E-state index in [1.165, 1.54) is 27.9 Å². The standard InChI is InChI=1S/C44H28N4/c45-27-31-14-11-15-32(28-46)42(31)30-22-24-40(37(26-30)29-12-3-1-4-13-29)48-39-21-10-8-19-36(39)43-41(48)25-23-35-34-18-7-9-20-38(34)47(44(35)43)33-16-5-2-6-17-33/h1-26,35,44H. The quantitative estimate of drug-likeness (QED) is 0.199. The molecule has 0 fully saturated rings. The molecule has 0 spiro atoms. The first-order valence-corrected chi connectivity index (χ1v) is 16.1. The van der Waals surface area contributed by atoms with Gasteiger partial charge in [-0.15, -0.1) is 0 Å². The third kappa shape index (κ3) is 4.07. The molecule has 1 aliphatic heterocycles. The summed E-state index contributed by atoms with van der Waals surface area (Å²) in [5.41, 5.74) is 13.0. The fourth-order valence-electron chi connectivity index (χ4n) is 7.87. The zero-order chi connectivity index (χ0) is 32.2. The molecule has 1 aromatic heterocycles. The summed E-state index contributed by atoms with van der Waals surface area (Å²) in [6.07, 6.45) is 4.69. The molecular weight excluding hydrogens is 585 g/mol. The van der Waals surface area contributed by atoms with Crippen LogP contribution in [0.5, 0.6) is 0 Å². The maximum atomic E-state index is 10.0. The summed E-state index contributed by atoms with van der Waals surface area (Å²) < 4.78 is 2.40. The van der Waals surface area contributed by atoms with Crippen LogP contribution in [0.25, 0.3) is 44.9 Å². The lowest BCUT2D eigenvalue weighted by Gasteiger charge is -2.32. The van der Waals surface area contributed by atoms with Gasteiger partial charge in [-0.1, -0.05) is 103 Å². The molecule has 4 heteroatoms. The second-order valence-electron chi connectivity index (χ2n) is 12.3. The van der Waals surface area contributed by atoms with E-state index in [9.17, 15) is 10.5 Å². The molecule has 2 atom stereocenters. The van der Waals surface area contributed by atoms with Crippen LogP contribution >= 0.6 is 0 Å². The molecule has 0 amide bonds. The van der Waals surface area contributed by atoms with Crippen molar-refractivity contribution in [3.63, 3.8) is 0 Å². The van der Waals surface area contributed by atoms with E-state index in [4.69, 9.17) is 0 Å². The van der Waals surface area contributed by atoms with Gasteiger partial charge >= 0.3 is 0 Å². The minimum atomic E-state index is 0.0797. The van der Waals surface area contributed by atoms with Crippen LogP contribution in [0.3, 0.4) is 0 Å². The Hall–Kier alpha value is -6.62. The highest BCUT2D eigenvalue weighted by Crippen LogP contribution is 2.57. The molecule has 2 aliphatic rings. The number of para-hydroxylation sites is 3. The van der Waals surface area contributed by atoms with Crippen molar-refractivity contribution in [2.45, 2.75) is 12.0 Å². The van der Waals surface area contributed by atoms with Gasteiger partial charge in [0.1, 0.15) is 0 Å². The van der Waals surface area contributed by atoms with Crippen LogP contribution in [0.4, 0.5) is 11.4 Å². The maximum absolute atomic E-state index is 10.0. The molecule has 0 saturated carbocycles. The lowest BCUT2D eigenvalue weighted by atomic mass is 9.84. The molecule has 1 aliphatic carbocycles. The van der Waals surface area contributed by atoms with Crippen LogP contribution in [0.2, 0.25) is 0 Å². The van der Waals surface area contributed by atoms with Gasteiger partial charge in [0.15, 0.2) is 0 Å².